The Morgan fingerprint density at radius 1 is 0.963 bits per heavy atom. The standard InChI is InChI=1S/C20H21FO6/c1-24-15-6-8-16(9-7-15)26-11-3-4-20(23)27-13-18(22)14-5-10-19(25-2)17(21)12-14/h5-10,12H,3-4,11,13H2,1-2H3. The van der Waals surface area contributed by atoms with Crippen LogP contribution in [-0.4, -0.2) is 39.2 Å². The summed E-state index contributed by atoms with van der Waals surface area (Å²) in [5.74, 6) is -0.214. The average Bonchev–Trinajstić information content (AvgIpc) is 2.69. The molecule has 0 saturated carbocycles. The Bertz CT molecular complexity index is 773. The molecule has 0 aromatic heterocycles. The summed E-state index contributed by atoms with van der Waals surface area (Å²) >= 11 is 0. The summed E-state index contributed by atoms with van der Waals surface area (Å²) < 4.78 is 33.9. The van der Waals surface area contributed by atoms with Gasteiger partial charge in [-0.3, -0.25) is 9.59 Å². The number of methoxy groups -OCH3 is 2. The van der Waals surface area contributed by atoms with Crippen molar-refractivity contribution in [3.05, 3.63) is 53.8 Å². The highest BCUT2D eigenvalue weighted by Gasteiger charge is 2.13. The summed E-state index contributed by atoms with van der Waals surface area (Å²) in [7, 11) is 2.91. The SMILES string of the molecule is COc1ccc(OCCCC(=O)OCC(=O)c2ccc(OC)c(F)c2)cc1. The van der Waals surface area contributed by atoms with Gasteiger partial charge in [0.25, 0.3) is 0 Å². The molecule has 27 heavy (non-hydrogen) atoms. The number of hydrogen-bond donors (Lipinski definition) is 0. The van der Waals surface area contributed by atoms with E-state index in [0.717, 1.165) is 11.8 Å². The zero-order chi connectivity index (χ0) is 19.6. The number of halogens is 1. The summed E-state index contributed by atoms with van der Waals surface area (Å²) in [6.45, 7) is -0.108. The van der Waals surface area contributed by atoms with Crippen LogP contribution in [0.5, 0.6) is 17.2 Å². The molecule has 2 aromatic carbocycles. The molecule has 0 aliphatic carbocycles. The van der Waals surface area contributed by atoms with Crippen LogP contribution in [0, 0.1) is 5.82 Å². The largest absolute Gasteiger partial charge is 0.497 e. The molecule has 6 nitrogen and oxygen atoms in total. The molecule has 0 bridgehead atoms. The van der Waals surface area contributed by atoms with Gasteiger partial charge in [0.05, 0.1) is 20.8 Å². The van der Waals surface area contributed by atoms with Gasteiger partial charge in [0.2, 0.25) is 0 Å². The Hall–Kier alpha value is -3.09. The van der Waals surface area contributed by atoms with Crippen molar-refractivity contribution in [2.75, 3.05) is 27.4 Å². The molecule has 0 atom stereocenters. The molecule has 0 amide bonds. The van der Waals surface area contributed by atoms with E-state index in [4.69, 9.17) is 18.9 Å². The summed E-state index contributed by atoms with van der Waals surface area (Å²) in [5, 5.41) is 0. The van der Waals surface area contributed by atoms with Crippen molar-refractivity contribution in [2.45, 2.75) is 12.8 Å². The van der Waals surface area contributed by atoms with Crippen LogP contribution in [0.1, 0.15) is 23.2 Å². The number of carbonyl (C=O) groups is 2. The van der Waals surface area contributed by atoms with Crippen molar-refractivity contribution in [2.24, 2.45) is 0 Å². The van der Waals surface area contributed by atoms with Gasteiger partial charge in [0.1, 0.15) is 11.5 Å². The molecule has 0 radical (unpaired) electrons. The summed E-state index contributed by atoms with van der Waals surface area (Å²) in [6.07, 6.45) is 0.552. The van der Waals surface area contributed by atoms with Crippen LogP contribution in [0.25, 0.3) is 0 Å². The van der Waals surface area contributed by atoms with Gasteiger partial charge in [-0.05, 0) is 48.9 Å². The molecule has 2 rings (SSSR count). The first-order valence-electron chi connectivity index (χ1n) is 8.32. The van der Waals surface area contributed by atoms with Gasteiger partial charge in [-0.2, -0.15) is 0 Å². The fourth-order valence-corrected chi connectivity index (χ4v) is 2.22. The summed E-state index contributed by atoms with van der Waals surface area (Å²) in [5.41, 5.74) is 0.115. The zero-order valence-electron chi connectivity index (χ0n) is 15.2. The zero-order valence-corrected chi connectivity index (χ0v) is 15.2. The number of hydrogen-bond acceptors (Lipinski definition) is 6. The van der Waals surface area contributed by atoms with Crippen molar-refractivity contribution in [3.63, 3.8) is 0 Å². The van der Waals surface area contributed by atoms with E-state index in [1.165, 1.54) is 19.2 Å². The van der Waals surface area contributed by atoms with Gasteiger partial charge in [-0.15, -0.1) is 0 Å². The second-order valence-electron chi connectivity index (χ2n) is 5.56. The van der Waals surface area contributed by atoms with Gasteiger partial charge in [0.15, 0.2) is 24.0 Å². The van der Waals surface area contributed by atoms with Gasteiger partial charge in [-0.1, -0.05) is 0 Å². The third-order valence-corrected chi connectivity index (χ3v) is 3.69. The number of rotatable bonds is 10. The maximum atomic E-state index is 13.6. The molecular formula is C20H21FO6. The van der Waals surface area contributed by atoms with E-state index >= 15 is 0 Å². The van der Waals surface area contributed by atoms with Crippen LogP contribution >= 0.6 is 0 Å². The number of carbonyl (C=O) groups excluding carboxylic acids is 2. The third kappa shape index (κ3) is 6.29. The first-order chi connectivity index (χ1) is 13.0. The number of ether oxygens (including phenoxy) is 4. The predicted octanol–water partition coefficient (Wildman–Crippen LogP) is 3.43. The molecule has 0 aliphatic heterocycles. The molecule has 0 saturated heterocycles. The monoisotopic (exact) mass is 376 g/mol. The fraction of sp³-hybridized carbons (Fsp3) is 0.300. The molecule has 0 N–H and O–H groups in total. The Labute approximate surface area is 156 Å². The minimum absolute atomic E-state index is 0.0420. The van der Waals surface area contributed by atoms with Crippen LogP contribution in [0.15, 0.2) is 42.5 Å². The lowest BCUT2D eigenvalue weighted by molar-refractivity contribution is -0.142. The molecule has 144 valence electrons. The summed E-state index contributed by atoms with van der Waals surface area (Å²) in [4.78, 5) is 23.6. The van der Waals surface area contributed by atoms with Crippen LogP contribution in [0.4, 0.5) is 4.39 Å². The van der Waals surface area contributed by atoms with Crippen LogP contribution in [0.3, 0.4) is 0 Å². The number of benzene rings is 2. The van der Waals surface area contributed by atoms with E-state index in [0.29, 0.717) is 18.8 Å². The highest BCUT2D eigenvalue weighted by molar-refractivity contribution is 5.98. The molecule has 0 heterocycles. The van der Waals surface area contributed by atoms with E-state index in [9.17, 15) is 14.0 Å². The highest BCUT2D eigenvalue weighted by atomic mass is 19.1. The van der Waals surface area contributed by atoms with Crippen molar-refractivity contribution < 1.29 is 32.9 Å². The van der Waals surface area contributed by atoms with Crippen LogP contribution < -0.4 is 14.2 Å². The minimum atomic E-state index is -0.648. The molecule has 0 fully saturated rings. The average molecular weight is 376 g/mol. The van der Waals surface area contributed by atoms with Gasteiger partial charge >= 0.3 is 5.97 Å². The van der Waals surface area contributed by atoms with Crippen LogP contribution in [0.2, 0.25) is 0 Å². The van der Waals surface area contributed by atoms with Crippen molar-refractivity contribution in [1.82, 2.24) is 0 Å². The smallest absolute Gasteiger partial charge is 0.306 e. The third-order valence-electron chi connectivity index (χ3n) is 3.69. The lowest BCUT2D eigenvalue weighted by atomic mass is 10.1. The summed E-state index contributed by atoms with van der Waals surface area (Å²) in [6, 6.07) is 10.9. The van der Waals surface area contributed by atoms with E-state index in [2.05, 4.69) is 0 Å². The Morgan fingerprint density at radius 2 is 1.67 bits per heavy atom. The number of ketones is 1. The predicted molar refractivity (Wildman–Crippen MR) is 96.0 cm³/mol. The lowest BCUT2D eigenvalue weighted by Crippen LogP contribution is -2.15. The van der Waals surface area contributed by atoms with Gasteiger partial charge < -0.3 is 18.9 Å². The van der Waals surface area contributed by atoms with E-state index < -0.39 is 24.2 Å². The molecule has 2 aromatic rings. The quantitative estimate of drug-likeness (QED) is 0.359. The van der Waals surface area contributed by atoms with Crippen molar-refractivity contribution in [1.29, 1.82) is 0 Å². The van der Waals surface area contributed by atoms with Gasteiger partial charge in [0, 0.05) is 12.0 Å². The number of Topliss-reactive ketones (excluding diaryl/α,β-unsaturated/α-hetero) is 1. The maximum absolute atomic E-state index is 13.6. The van der Waals surface area contributed by atoms with Crippen LogP contribution in [-0.2, 0) is 9.53 Å². The maximum Gasteiger partial charge on any atom is 0.306 e. The molecule has 0 spiro atoms. The first kappa shape index (κ1) is 20.2. The van der Waals surface area contributed by atoms with E-state index in [1.807, 2.05) is 0 Å². The lowest BCUT2D eigenvalue weighted by Gasteiger charge is -2.08. The molecule has 0 unspecified atom stereocenters. The molecular weight excluding hydrogens is 355 g/mol. The van der Waals surface area contributed by atoms with E-state index in [-0.39, 0.29) is 17.7 Å². The Morgan fingerprint density at radius 3 is 2.30 bits per heavy atom. The normalized spacial score (nSPS) is 10.2. The van der Waals surface area contributed by atoms with E-state index in [1.54, 1.807) is 31.4 Å². The molecule has 7 heteroatoms. The highest BCUT2D eigenvalue weighted by Crippen LogP contribution is 2.18. The van der Waals surface area contributed by atoms with Crippen molar-refractivity contribution >= 4 is 11.8 Å². The first-order valence-corrected chi connectivity index (χ1v) is 8.32. The second-order valence-corrected chi connectivity index (χ2v) is 5.56. The van der Waals surface area contributed by atoms with Crippen molar-refractivity contribution in [3.8, 4) is 17.2 Å². The Balaban J connectivity index is 1.68. The van der Waals surface area contributed by atoms with Gasteiger partial charge in [-0.25, -0.2) is 4.39 Å². The molecule has 0 aliphatic rings. The Kier molecular flexibility index (Phi) is 7.61. The topological polar surface area (TPSA) is 71.1 Å². The fourth-order valence-electron chi connectivity index (χ4n) is 2.22. The second kappa shape index (κ2) is 10.2. The minimum Gasteiger partial charge on any atom is -0.497 e. The number of esters is 1.